The molecule has 0 radical (unpaired) electrons. The molecule has 0 aliphatic carbocycles. The zero-order valence-corrected chi connectivity index (χ0v) is 14.5. The summed E-state index contributed by atoms with van der Waals surface area (Å²) in [4.78, 5) is 0. The molecule has 1 aromatic carbocycles. The second kappa shape index (κ2) is 7.71. The maximum Gasteiger partial charge on any atom is 0.0802 e. The van der Waals surface area contributed by atoms with Crippen LogP contribution >= 0.6 is 15.9 Å². The molecule has 0 bridgehead atoms. The summed E-state index contributed by atoms with van der Waals surface area (Å²) in [6.07, 6.45) is 4.01. The van der Waals surface area contributed by atoms with Crippen LogP contribution in [0.5, 0.6) is 0 Å². The largest absolute Gasteiger partial charge is 0.305 e. The summed E-state index contributed by atoms with van der Waals surface area (Å²) < 4.78 is 3.12. The lowest BCUT2D eigenvalue weighted by atomic mass is 10.0. The van der Waals surface area contributed by atoms with Gasteiger partial charge >= 0.3 is 0 Å². The highest BCUT2D eigenvalue weighted by molar-refractivity contribution is 9.10. The fourth-order valence-corrected chi connectivity index (χ4v) is 3.13. The second-order valence-electron chi connectivity index (χ2n) is 5.29. The Labute approximate surface area is 135 Å². The Kier molecular flexibility index (Phi) is 5.94. The molecule has 0 saturated carbocycles. The van der Waals surface area contributed by atoms with Gasteiger partial charge in [0.25, 0.3) is 0 Å². The second-order valence-corrected chi connectivity index (χ2v) is 6.15. The van der Waals surface area contributed by atoms with Gasteiger partial charge in [-0.2, -0.15) is 0 Å². The Bertz CT molecular complexity index is 579. The van der Waals surface area contributed by atoms with E-state index in [0.717, 1.165) is 36.1 Å². The van der Waals surface area contributed by atoms with Gasteiger partial charge in [-0.1, -0.05) is 47.1 Å². The molecule has 0 aliphatic rings. The lowest BCUT2D eigenvalue weighted by Gasteiger charge is -2.21. The van der Waals surface area contributed by atoms with Crippen LogP contribution in [-0.4, -0.2) is 21.5 Å². The van der Waals surface area contributed by atoms with Crippen molar-refractivity contribution in [3.63, 3.8) is 0 Å². The van der Waals surface area contributed by atoms with Crippen LogP contribution in [-0.2, 0) is 6.54 Å². The predicted molar refractivity (Wildman–Crippen MR) is 89.3 cm³/mol. The minimum absolute atomic E-state index is 0.112. The number of aromatic nitrogens is 3. The number of halogens is 1. The van der Waals surface area contributed by atoms with Crippen molar-refractivity contribution in [2.75, 3.05) is 6.54 Å². The van der Waals surface area contributed by atoms with E-state index in [0.29, 0.717) is 0 Å². The topological polar surface area (TPSA) is 42.7 Å². The summed E-state index contributed by atoms with van der Waals surface area (Å²) in [5, 5.41) is 11.9. The Hall–Kier alpha value is -1.20. The van der Waals surface area contributed by atoms with Crippen molar-refractivity contribution >= 4 is 15.9 Å². The quantitative estimate of drug-likeness (QED) is 0.824. The van der Waals surface area contributed by atoms with E-state index < -0.39 is 0 Å². The van der Waals surface area contributed by atoms with E-state index in [4.69, 9.17) is 0 Å². The van der Waals surface area contributed by atoms with Gasteiger partial charge in [-0.15, -0.1) is 5.10 Å². The number of rotatable bonds is 7. The van der Waals surface area contributed by atoms with E-state index in [1.807, 2.05) is 10.9 Å². The van der Waals surface area contributed by atoms with Crippen molar-refractivity contribution in [2.45, 2.75) is 46.2 Å². The molecule has 5 heteroatoms. The van der Waals surface area contributed by atoms with E-state index in [1.165, 1.54) is 11.1 Å². The van der Waals surface area contributed by atoms with Crippen LogP contribution < -0.4 is 5.32 Å². The highest BCUT2D eigenvalue weighted by Crippen LogP contribution is 2.29. The molecule has 0 spiro atoms. The van der Waals surface area contributed by atoms with Crippen LogP contribution in [0.4, 0.5) is 0 Å². The highest BCUT2D eigenvalue weighted by atomic mass is 79.9. The van der Waals surface area contributed by atoms with Crippen LogP contribution in [0.3, 0.4) is 0 Å². The molecule has 4 nitrogen and oxygen atoms in total. The van der Waals surface area contributed by atoms with E-state index in [9.17, 15) is 0 Å². The van der Waals surface area contributed by atoms with Gasteiger partial charge in [0.05, 0.1) is 17.9 Å². The van der Waals surface area contributed by atoms with Crippen molar-refractivity contribution in [1.82, 2.24) is 20.3 Å². The first-order valence-corrected chi connectivity index (χ1v) is 8.34. The zero-order valence-electron chi connectivity index (χ0n) is 12.9. The average molecular weight is 351 g/mol. The van der Waals surface area contributed by atoms with Crippen LogP contribution in [0.2, 0.25) is 0 Å². The van der Waals surface area contributed by atoms with E-state index in [1.54, 1.807) is 0 Å². The molecule has 1 N–H and O–H groups in total. The summed E-state index contributed by atoms with van der Waals surface area (Å²) in [7, 11) is 0. The Balaban J connectivity index is 2.39. The number of hydrogen-bond acceptors (Lipinski definition) is 3. The van der Waals surface area contributed by atoms with Crippen molar-refractivity contribution in [1.29, 1.82) is 0 Å². The SMILES string of the molecule is CCCNC(c1ccc(C)cc1Br)c1cnnn1CCC. The maximum absolute atomic E-state index is 4.22. The minimum atomic E-state index is 0.112. The van der Waals surface area contributed by atoms with Crippen LogP contribution in [0.1, 0.15) is 49.6 Å². The molecule has 0 saturated heterocycles. The van der Waals surface area contributed by atoms with Gasteiger partial charge < -0.3 is 5.32 Å². The molecule has 1 atom stereocenters. The third-order valence-corrected chi connectivity index (χ3v) is 4.13. The fraction of sp³-hybridized carbons (Fsp3) is 0.500. The molecule has 0 amide bonds. The summed E-state index contributed by atoms with van der Waals surface area (Å²) in [6.45, 7) is 8.29. The average Bonchev–Trinajstić information content (AvgIpc) is 2.90. The van der Waals surface area contributed by atoms with Gasteiger partial charge in [-0.05, 0) is 43.5 Å². The lowest BCUT2D eigenvalue weighted by molar-refractivity contribution is 0.503. The summed E-state index contributed by atoms with van der Waals surface area (Å²) in [6, 6.07) is 6.59. The molecular weight excluding hydrogens is 328 g/mol. The molecule has 114 valence electrons. The molecular formula is C16H23BrN4. The maximum atomic E-state index is 4.22. The lowest BCUT2D eigenvalue weighted by Crippen LogP contribution is -2.26. The zero-order chi connectivity index (χ0) is 15.2. The van der Waals surface area contributed by atoms with Gasteiger partial charge in [0.1, 0.15) is 0 Å². The Morgan fingerprint density at radius 1 is 1.29 bits per heavy atom. The minimum Gasteiger partial charge on any atom is -0.305 e. The molecule has 0 aliphatic heterocycles. The number of nitrogens with one attached hydrogen (secondary N) is 1. The first kappa shape index (κ1) is 16.2. The smallest absolute Gasteiger partial charge is 0.0802 e. The van der Waals surface area contributed by atoms with Crippen LogP contribution in [0, 0.1) is 6.92 Å². The van der Waals surface area contributed by atoms with Crippen LogP contribution in [0.25, 0.3) is 0 Å². The number of benzene rings is 1. The molecule has 2 rings (SSSR count). The molecule has 1 unspecified atom stereocenters. The summed E-state index contributed by atoms with van der Waals surface area (Å²) >= 11 is 3.70. The summed E-state index contributed by atoms with van der Waals surface area (Å²) in [5.74, 6) is 0. The van der Waals surface area contributed by atoms with Gasteiger partial charge in [-0.25, -0.2) is 4.68 Å². The van der Waals surface area contributed by atoms with Crippen LogP contribution in [0.15, 0.2) is 28.9 Å². The van der Waals surface area contributed by atoms with Crippen molar-refractivity contribution < 1.29 is 0 Å². The van der Waals surface area contributed by atoms with Gasteiger partial charge in [-0.3, -0.25) is 0 Å². The Morgan fingerprint density at radius 2 is 2.10 bits per heavy atom. The van der Waals surface area contributed by atoms with E-state index in [2.05, 4.69) is 70.5 Å². The Morgan fingerprint density at radius 3 is 2.76 bits per heavy atom. The standard InChI is InChI=1S/C16H23BrN4/c1-4-8-18-16(13-7-6-12(3)10-14(13)17)15-11-19-20-21(15)9-5-2/h6-7,10-11,16,18H,4-5,8-9H2,1-3H3. The highest BCUT2D eigenvalue weighted by Gasteiger charge is 2.20. The van der Waals surface area contributed by atoms with E-state index in [-0.39, 0.29) is 6.04 Å². The number of aryl methyl sites for hydroxylation is 2. The molecule has 1 aromatic heterocycles. The first-order valence-electron chi connectivity index (χ1n) is 7.55. The number of nitrogens with zero attached hydrogens (tertiary/aromatic N) is 3. The normalized spacial score (nSPS) is 12.6. The molecule has 21 heavy (non-hydrogen) atoms. The fourth-order valence-electron chi connectivity index (χ4n) is 2.40. The third kappa shape index (κ3) is 3.92. The van der Waals surface area contributed by atoms with E-state index >= 15 is 0 Å². The third-order valence-electron chi connectivity index (χ3n) is 3.44. The number of hydrogen-bond donors (Lipinski definition) is 1. The summed E-state index contributed by atoms with van der Waals surface area (Å²) in [5.41, 5.74) is 3.60. The molecule has 1 heterocycles. The van der Waals surface area contributed by atoms with Crippen molar-refractivity contribution in [3.8, 4) is 0 Å². The van der Waals surface area contributed by atoms with Gasteiger partial charge in [0, 0.05) is 11.0 Å². The van der Waals surface area contributed by atoms with Gasteiger partial charge in [0.2, 0.25) is 0 Å². The molecule has 0 fully saturated rings. The molecule has 2 aromatic rings. The van der Waals surface area contributed by atoms with Crippen molar-refractivity contribution in [2.24, 2.45) is 0 Å². The predicted octanol–water partition coefficient (Wildman–Crippen LogP) is 3.85. The van der Waals surface area contributed by atoms with Gasteiger partial charge in [0.15, 0.2) is 0 Å². The van der Waals surface area contributed by atoms with Crippen molar-refractivity contribution in [3.05, 3.63) is 45.7 Å². The monoisotopic (exact) mass is 350 g/mol. The first-order chi connectivity index (χ1) is 10.2.